The van der Waals surface area contributed by atoms with Gasteiger partial charge in [-0.25, -0.2) is 8.78 Å². The highest BCUT2D eigenvalue weighted by molar-refractivity contribution is 6.11. The van der Waals surface area contributed by atoms with Crippen molar-refractivity contribution >= 4 is 22.5 Å². The molecule has 8 heteroatoms. The van der Waals surface area contributed by atoms with E-state index in [0.717, 1.165) is 11.8 Å². The smallest absolute Gasteiger partial charge is 0.276 e. The highest BCUT2D eigenvalue weighted by Crippen LogP contribution is 2.28. The fourth-order valence-corrected chi connectivity index (χ4v) is 3.19. The van der Waals surface area contributed by atoms with Crippen LogP contribution in [0.5, 0.6) is 0 Å². The van der Waals surface area contributed by atoms with E-state index in [4.69, 9.17) is 0 Å². The number of anilines is 1. The summed E-state index contributed by atoms with van der Waals surface area (Å²) >= 11 is 0. The van der Waals surface area contributed by atoms with E-state index < -0.39 is 17.5 Å². The van der Waals surface area contributed by atoms with Crippen LogP contribution in [0.1, 0.15) is 16.2 Å². The predicted molar refractivity (Wildman–Crippen MR) is 111 cm³/mol. The number of nitrogens with zero attached hydrogens (tertiary/aromatic N) is 3. The quantitative estimate of drug-likeness (QED) is 0.520. The van der Waals surface area contributed by atoms with Crippen molar-refractivity contribution in [1.82, 2.24) is 20.1 Å². The molecule has 0 aliphatic heterocycles. The van der Waals surface area contributed by atoms with Crippen LogP contribution in [-0.2, 0) is 6.54 Å². The van der Waals surface area contributed by atoms with Gasteiger partial charge in [0.1, 0.15) is 0 Å². The normalized spacial score (nSPS) is 11.2. The SMILES string of the molecule is CN(C)Cc1ccc(NC(=O)c2n[nH]c3ccc(-c4cccc(F)c4F)cc23)cn1. The second-order valence-electron chi connectivity index (χ2n) is 7.16. The minimum absolute atomic E-state index is 0.116. The van der Waals surface area contributed by atoms with Crippen molar-refractivity contribution in [1.29, 1.82) is 0 Å². The summed E-state index contributed by atoms with van der Waals surface area (Å²) in [6.45, 7) is 0.692. The average molecular weight is 407 g/mol. The van der Waals surface area contributed by atoms with Crippen molar-refractivity contribution in [3.8, 4) is 11.1 Å². The summed E-state index contributed by atoms with van der Waals surface area (Å²) in [5.74, 6) is -2.29. The third-order valence-electron chi connectivity index (χ3n) is 4.60. The van der Waals surface area contributed by atoms with Crippen molar-refractivity contribution in [2.24, 2.45) is 0 Å². The number of aromatic amines is 1. The minimum atomic E-state index is -0.935. The molecule has 0 aliphatic rings. The van der Waals surface area contributed by atoms with Gasteiger partial charge in [0.15, 0.2) is 17.3 Å². The molecule has 0 saturated heterocycles. The van der Waals surface area contributed by atoms with Crippen molar-refractivity contribution in [2.45, 2.75) is 6.54 Å². The molecule has 2 N–H and O–H groups in total. The van der Waals surface area contributed by atoms with E-state index in [0.29, 0.717) is 28.7 Å². The number of amides is 1. The number of pyridine rings is 1. The lowest BCUT2D eigenvalue weighted by molar-refractivity contribution is 0.102. The Kier molecular flexibility index (Phi) is 5.24. The van der Waals surface area contributed by atoms with Crippen LogP contribution in [0, 0.1) is 11.6 Å². The first-order valence-electron chi connectivity index (χ1n) is 9.26. The van der Waals surface area contributed by atoms with Gasteiger partial charge in [0.2, 0.25) is 0 Å². The van der Waals surface area contributed by atoms with E-state index in [-0.39, 0.29) is 11.3 Å². The van der Waals surface area contributed by atoms with E-state index in [1.54, 1.807) is 30.5 Å². The van der Waals surface area contributed by atoms with Gasteiger partial charge in [0.25, 0.3) is 5.91 Å². The van der Waals surface area contributed by atoms with Crippen molar-refractivity contribution < 1.29 is 13.6 Å². The van der Waals surface area contributed by atoms with Crippen LogP contribution in [0.2, 0.25) is 0 Å². The van der Waals surface area contributed by atoms with Gasteiger partial charge >= 0.3 is 0 Å². The van der Waals surface area contributed by atoms with Crippen LogP contribution in [0.15, 0.2) is 54.7 Å². The molecule has 0 fully saturated rings. The zero-order valence-corrected chi connectivity index (χ0v) is 16.4. The molecular weight excluding hydrogens is 388 g/mol. The fourth-order valence-electron chi connectivity index (χ4n) is 3.19. The van der Waals surface area contributed by atoms with E-state index in [2.05, 4.69) is 20.5 Å². The molecule has 0 bridgehead atoms. The zero-order valence-electron chi connectivity index (χ0n) is 16.4. The summed E-state index contributed by atoms with van der Waals surface area (Å²) in [6.07, 6.45) is 1.58. The molecule has 0 saturated carbocycles. The number of benzene rings is 2. The number of aromatic nitrogens is 3. The maximum Gasteiger partial charge on any atom is 0.276 e. The van der Waals surface area contributed by atoms with Gasteiger partial charge in [-0.05, 0) is 50.0 Å². The van der Waals surface area contributed by atoms with Crippen LogP contribution in [0.3, 0.4) is 0 Å². The fraction of sp³-hybridized carbons (Fsp3) is 0.136. The summed E-state index contributed by atoms with van der Waals surface area (Å²) in [7, 11) is 3.90. The molecule has 0 spiro atoms. The number of H-pyrrole nitrogens is 1. The first-order chi connectivity index (χ1) is 14.4. The molecule has 2 aromatic heterocycles. The van der Waals surface area contributed by atoms with Gasteiger partial charge in [-0.2, -0.15) is 5.10 Å². The molecule has 2 heterocycles. The molecule has 152 valence electrons. The predicted octanol–water partition coefficient (Wildman–Crippen LogP) is 4.22. The Labute approximate surface area is 171 Å². The van der Waals surface area contributed by atoms with Crippen molar-refractivity contribution in [3.63, 3.8) is 0 Å². The summed E-state index contributed by atoms with van der Waals surface area (Å²) < 4.78 is 27.8. The second kappa shape index (κ2) is 8.00. The molecular formula is C22H19F2N5O. The van der Waals surface area contributed by atoms with Gasteiger partial charge in [-0.3, -0.25) is 14.9 Å². The van der Waals surface area contributed by atoms with Crippen LogP contribution in [0.4, 0.5) is 14.5 Å². The second-order valence-corrected chi connectivity index (χ2v) is 7.16. The molecule has 6 nitrogen and oxygen atoms in total. The number of carbonyl (C=O) groups excluding carboxylic acids is 1. The van der Waals surface area contributed by atoms with E-state index >= 15 is 0 Å². The molecule has 4 rings (SSSR count). The number of carbonyl (C=O) groups is 1. The number of fused-ring (bicyclic) bond motifs is 1. The lowest BCUT2D eigenvalue weighted by Crippen LogP contribution is -2.14. The lowest BCUT2D eigenvalue weighted by atomic mass is 10.0. The highest BCUT2D eigenvalue weighted by atomic mass is 19.2. The Hall–Kier alpha value is -3.65. The maximum absolute atomic E-state index is 14.2. The Balaban J connectivity index is 1.62. The summed E-state index contributed by atoms with van der Waals surface area (Å²) in [6, 6.07) is 12.5. The van der Waals surface area contributed by atoms with E-state index in [1.165, 1.54) is 12.1 Å². The summed E-state index contributed by atoms with van der Waals surface area (Å²) in [5.41, 5.74) is 2.74. The van der Waals surface area contributed by atoms with Gasteiger partial charge in [-0.1, -0.05) is 18.2 Å². The summed E-state index contributed by atoms with van der Waals surface area (Å²) in [5, 5.41) is 10.2. The third-order valence-corrected chi connectivity index (χ3v) is 4.60. The summed E-state index contributed by atoms with van der Waals surface area (Å²) in [4.78, 5) is 19.1. The van der Waals surface area contributed by atoms with Crippen LogP contribution in [0.25, 0.3) is 22.0 Å². The molecule has 0 atom stereocenters. The number of hydrogen-bond acceptors (Lipinski definition) is 4. The monoisotopic (exact) mass is 407 g/mol. The zero-order chi connectivity index (χ0) is 21.3. The Morgan fingerprint density at radius 3 is 2.70 bits per heavy atom. The number of halogens is 2. The minimum Gasteiger partial charge on any atom is -0.319 e. The van der Waals surface area contributed by atoms with Crippen LogP contribution < -0.4 is 5.32 Å². The van der Waals surface area contributed by atoms with Crippen LogP contribution >= 0.6 is 0 Å². The molecule has 0 radical (unpaired) electrons. The Morgan fingerprint density at radius 2 is 1.97 bits per heavy atom. The molecule has 0 unspecified atom stereocenters. The lowest BCUT2D eigenvalue weighted by Gasteiger charge is -2.09. The van der Waals surface area contributed by atoms with Gasteiger partial charge in [-0.15, -0.1) is 0 Å². The number of hydrogen-bond donors (Lipinski definition) is 2. The van der Waals surface area contributed by atoms with Gasteiger partial charge < -0.3 is 10.2 Å². The molecule has 30 heavy (non-hydrogen) atoms. The largest absolute Gasteiger partial charge is 0.319 e. The van der Waals surface area contributed by atoms with Crippen LogP contribution in [-0.4, -0.2) is 40.1 Å². The first kappa shape index (κ1) is 19.7. The topological polar surface area (TPSA) is 73.9 Å². The van der Waals surface area contributed by atoms with Gasteiger partial charge in [0.05, 0.1) is 23.1 Å². The van der Waals surface area contributed by atoms with Crippen molar-refractivity contribution in [2.75, 3.05) is 19.4 Å². The number of rotatable bonds is 5. The average Bonchev–Trinajstić information content (AvgIpc) is 3.14. The molecule has 1 amide bonds. The van der Waals surface area contributed by atoms with E-state index in [9.17, 15) is 13.6 Å². The van der Waals surface area contributed by atoms with Gasteiger partial charge in [0, 0.05) is 17.5 Å². The van der Waals surface area contributed by atoms with Crippen molar-refractivity contribution in [3.05, 3.63) is 77.8 Å². The maximum atomic E-state index is 14.2. The molecule has 4 aromatic rings. The number of nitrogens with one attached hydrogen (secondary N) is 2. The Morgan fingerprint density at radius 1 is 1.13 bits per heavy atom. The highest BCUT2D eigenvalue weighted by Gasteiger charge is 2.17. The molecule has 2 aromatic carbocycles. The third kappa shape index (κ3) is 3.90. The Bertz CT molecular complexity index is 1220. The van der Waals surface area contributed by atoms with E-state index in [1.807, 2.05) is 25.1 Å². The standard InChI is InChI=1S/C22H19F2N5O/c1-29(2)12-15-8-7-14(11-25-15)26-22(30)21-17-10-13(6-9-19(17)27-28-21)16-4-3-5-18(23)20(16)24/h3-11H,12H2,1-2H3,(H,26,30)(H,27,28). The first-order valence-corrected chi connectivity index (χ1v) is 9.26. The molecule has 0 aliphatic carbocycles.